The van der Waals surface area contributed by atoms with Gasteiger partial charge >= 0.3 is 12.1 Å². The van der Waals surface area contributed by atoms with Crippen LogP contribution in [0.2, 0.25) is 0 Å². The third-order valence-electron chi connectivity index (χ3n) is 1.96. The molecule has 0 aliphatic carbocycles. The van der Waals surface area contributed by atoms with E-state index in [1.54, 1.807) is 0 Å². The number of alkyl halides is 3. The van der Waals surface area contributed by atoms with Crippen molar-refractivity contribution < 1.29 is 27.6 Å². The molecule has 0 aromatic carbocycles. The van der Waals surface area contributed by atoms with Gasteiger partial charge in [0, 0.05) is 6.54 Å². The van der Waals surface area contributed by atoms with Crippen molar-refractivity contribution in [1.29, 1.82) is 0 Å². The number of hydrogen-bond acceptors (Lipinski definition) is 4. The Morgan fingerprint density at radius 2 is 2.00 bits per heavy atom. The molecule has 1 unspecified atom stereocenters. The van der Waals surface area contributed by atoms with Crippen molar-refractivity contribution in [2.24, 2.45) is 5.73 Å². The van der Waals surface area contributed by atoms with Gasteiger partial charge in [-0.25, -0.2) is 4.79 Å². The van der Waals surface area contributed by atoms with E-state index >= 15 is 0 Å². The fraction of sp³-hybridized carbons (Fsp3) is 0.714. The van der Waals surface area contributed by atoms with Gasteiger partial charge in [0.15, 0.2) is 0 Å². The molecule has 1 rings (SSSR count). The Hall–Kier alpha value is -1.31. The van der Waals surface area contributed by atoms with Crippen LogP contribution in [-0.4, -0.2) is 35.7 Å². The van der Waals surface area contributed by atoms with Crippen LogP contribution in [0.15, 0.2) is 0 Å². The lowest BCUT2D eigenvalue weighted by Gasteiger charge is -2.20. The number of amides is 1. The lowest BCUT2D eigenvalue weighted by molar-refractivity contribution is -0.240. The second-order valence-corrected chi connectivity index (χ2v) is 3.08. The number of nitrogens with two attached hydrogens (primary N) is 1. The van der Waals surface area contributed by atoms with Crippen LogP contribution in [0.25, 0.3) is 0 Å². The lowest BCUT2D eigenvalue weighted by atomic mass is 10.2. The average molecular weight is 226 g/mol. The minimum atomic E-state index is -5.06. The first kappa shape index (κ1) is 11.8. The van der Waals surface area contributed by atoms with Gasteiger partial charge in [-0.05, 0) is 12.8 Å². The summed E-state index contributed by atoms with van der Waals surface area (Å²) in [4.78, 5) is 25.2. The molecular formula is C7H9F3N2O3. The highest BCUT2D eigenvalue weighted by molar-refractivity contribution is 5.80. The van der Waals surface area contributed by atoms with Crippen LogP contribution >= 0.6 is 0 Å². The number of nitrogens with zero attached hydrogens (tertiary/aromatic N) is 1. The molecule has 1 heterocycles. The Labute approximate surface area is 82.9 Å². The van der Waals surface area contributed by atoms with Crippen LogP contribution in [0.3, 0.4) is 0 Å². The fourth-order valence-electron chi connectivity index (χ4n) is 1.29. The first-order chi connectivity index (χ1) is 6.82. The molecule has 0 aromatic rings. The molecule has 2 N–H and O–H groups in total. The van der Waals surface area contributed by atoms with Crippen LogP contribution in [-0.2, 0) is 14.4 Å². The summed E-state index contributed by atoms with van der Waals surface area (Å²) in [6.07, 6.45) is -4.32. The molecule has 86 valence electrons. The van der Waals surface area contributed by atoms with Gasteiger partial charge in [-0.15, -0.1) is 5.06 Å². The fourth-order valence-corrected chi connectivity index (χ4v) is 1.29. The number of carbonyl (C=O) groups is 2. The highest BCUT2D eigenvalue weighted by Gasteiger charge is 2.44. The number of halogens is 3. The molecule has 1 atom stereocenters. The molecule has 1 saturated heterocycles. The van der Waals surface area contributed by atoms with Gasteiger partial charge < -0.3 is 10.6 Å². The monoisotopic (exact) mass is 226 g/mol. The molecule has 1 aliphatic heterocycles. The second kappa shape index (κ2) is 4.05. The van der Waals surface area contributed by atoms with E-state index in [4.69, 9.17) is 5.73 Å². The summed E-state index contributed by atoms with van der Waals surface area (Å²) in [7, 11) is 0. The van der Waals surface area contributed by atoms with Crippen molar-refractivity contribution in [2.45, 2.75) is 25.1 Å². The number of primary amides is 1. The van der Waals surface area contributed by atoms with E-state index in [0.717, 1.165) is 0 Å². The summed E-state index contributed by atoms with van der Waals surface area (Å²) < 4.78 is 35.4. The van der Waals surface area contributed by atoms with Crippen LogP contribution in [0, 0.1) is 0 Å². The van der Waals surface area contributed by atoms with Crippen molar-refractivity contribution in [2.75, 3.05) is 6.54 Å². The van der Waals surface area contributed by atoms with Crippen molar-refractivity contribution in [3.05, 3.63) is 0 Å². The summed E-state index contributed by atoms with van der Waals surface area (Å²) >= 11 is 0. The standard InChI is InChI=1S/C7H9F3N2O3/c8-7(9,10)6(14)15-12-3-1-2-4(12)5(11)13/h4H,1-3H2,(H2,11,13). The molecule has 8 heteroatoms. The summed E-state index contributed by atoms with van der Waals surface area (Å²) in [5.74, 6) is -3.14. The molecule has 5 nitrogen and oxygen atoms in total. The predicted molar refractivity (Wildman–Crippen MR) is 41.1 cm³/mol. The number of hydroxylamine groups is 2. The molecule has 1 amide bonds. The molecule has 0 aromatic heterocycles. The Kier molecular flexibility index (Phi) is 3.18. The highest BCUT2D eigenvalue weighted by Crippen LogP contribution is 2.22. The Morgan fingerprint density at radius 3 is 2.47 bits per heavy atom. The summed E-state index contributed by atoms with van der Waals surface area (Å²) in [6, 6.07) is -0.962. The van der Waals surface area contributed by atoms with E-state index in [-0.39, 0.29) is 6.54 Å². The summed E-state index contributed by atoms with van der Waals surface area (Å²) in [5.41, 5.74) is 4.92. The topological polar surface area (TPSA) is 72.6 Å². The smallest absolute Gasteiger partial charge is 0.368 e. The maximum absolute atomic E-state index is 11.8. The normalized spacial score (nSPS) is 22.7. The van der Waals surface area contributed by atoms with Gasteiger partial charge in [0.25, 0.3) is 0 Å². The van der Waals surface area contributed by atoms with Gasteiger partial charge in [0.1, 0.15) is 6.04 Å². The molecule has 0 saturated carbocycles. The SMILES string of the molecule is NC(=O)C1CCCN1OC(=O)C(F)(F)F. The third-order valence-corrected chi connectivity index (χ3v) is 1.96. The number of hydrogen-bond donors (Lipinski definition) is 1. The zero-order valence-electron chi connectivity index (χ0n) is 7.58. The van der Waals surface area contributed by atoms with E-state index < -0.39 is 24.1 Å². The van der Waals surface area contributed by atoms with Gasteiger partial charge in [-0.2, -0.15) is 13.2 Å². The summed E-state index contributed by atoms with van der Waals surface area (Å²) in [5, 5.41) is 0.679. The molecule has 0 radical (unpaired) electrons. The first-order valence-corrected chi connectivity index (χ1v) is 4.17. The summed E-state index contributed by atoms with van der Waals surface area (Å²) in [6.45, 7) is 0.0788. The van der Waals surface area contributed by atoms with E-state index in [2.05, 4.69) is 4.84 Å². The van der Waals surface area contributed by atoms with Crippen molar-refractivity contribution in [3.8, 4) is 0 Å². The number of rotatable bonds is 2. The molecule has 1 aliphatic rings. The first-order valence-electron chi connectivity index (χ1n) is 4.17. The number of carbonyl (C=O) groups excluding carboxylic acids is 2. The minimum Gasteiger partial charge on any atom is -0.368 e. The average Bonchev–Trinajstić information content (AvgIpc) is 2.50. The second-order valence-electron chi connectivity index (χ2n) is 3.08. The molecule has 0 spiro atoms. The van der Waals surface area contributed by atoms with Crippen LogP contribution < -0.4 is 5.73 Å². The predicted octanol–water partition coefficient (Wildman–Crippen LogP) is -0.0434. The van der Waals surface area contributed by atoms with Crippen molar-refractivity contribution >= 4 is 11.9 Å². The zero-order valence-corrected chi connectivity index (χ0v) is 7.58. The van der Waals surface area contributed by atoms with Gasteiger partial charge in [-0.1, -0.05) is 0 Å². The zero-order chi connectivity index (χ0) is 11.6. The lowest BCUT2D eigenvalue weighted by Crippen LogP contribution is -2.43. The van der Waals surface area contributed by atoms with E-state index in [1.807, 2.05) is 0 Å². The van der Waals surface area contributed by atoms with E-state index in [9.17, 15) is 22.8 Å². The van der Waals surface area contributed by atoms with Gasteiger partial charge in [-0.3, -0.25) is 4.79 Å². The Balaban J connectivity index is 2.58. The van der Waals surface area contributed by atoms with Gasteiger partial charge in [0.2, 0.25) is 5.91 Å². The Morgan fingerprint density at radius 1 is 1.40 bits per heavy atom. The largest absolute Gasteiger partial charge is 0.492 e. The molecule has 0 bridgehead atoms. The van der Waals surface area contributed by atoms with Crippen LogP contribution in [0.5, 0.6) is 0 Å². The molecular weight excluding hydrogens is 217 g/mol. The van der Waals surface area contributed by atoms with Gasteiger partial charge in [0.05, 0.1) is 0 Å². The molecule has 15 heavy (non-hydrogen) atoms. The quantitative estimate of drug-likeness (QED) is 0.716. The third kappa shape index (κ3) is 2.82. The maximum atomic E-state index is 11.8. The van der Waals surface area contributed by atoms with E-state index in [1.165, 1.54) is 0 Å². The van der Waals surface area contributed by atoms with Crippen molar-refractivity contribution in [3.63, 3.8) is 0 Å². The Bertz CT molecular complexity index is 279. The van der Waals surface area contributed by atoms with Crippen LogP contribution in [0.4, 0.5) is 13.2 Å². The van der Waals surface area contributed by atoms with Crippen LogP contribution in [0.1, 0.15) is 12.8 Å². The highest BCUT2D eigenvalue weighted by atomic mass is 19.4. The minimum absolute atomic E-state index is 0.0788. The van der Waals surface area contributed by atoms with Crippen molar-refractivity contribution in [1.82, 2.24) is 5.06 Å². The maximum Gasteiger partial charge on any atom is 0.492 e. The van der Waals surface area contributed by atoms with E-state index in [0.29, 0.717) is 17.9 Å². The molecule has 1 fully saturated rings.